The Labute approximate surface area is 183 Å². The summed E-state index contributed by atoms with van der Waals surface area (Å²) >= 11 is -1.58. The lowest BCUT2D eigenvalue weighted by atomic mass is 9.86. The fourth-order valence-corrected chi connectivity index (χ4v) is 3.03. The van der Waals surface area contributed by atoms with Gasteiger partial charge in [-0.3, -0.25) is 5.32 Å². The van der Waals surface area contributed by atoms with Gasteiger partial charge in [-0.2, -0.15) is 0 Å². The van der Waals surface area contributed by atoms with Gasteiger partial charge in [0.15, 0.2) is 0 Å². The van der Waals surface area contributed by atoms with Gasteiger partial charge >= 0.3 is 12.2 Å². The summed E-state index contributed by atoms with van der Waals surface area (Å²) in [6.07, 6.45) is 0.200. The molecule has 30 heavy (non-hydrogen) atoms. The van der Waals surface area contributed by atoms with E-state index in [1.807, 2.05) is 32.9 Å². The van der Waals surface area contributed by atoms with Crippen molar-refractivity contribution in [2.45, 2.75) is 85.5 Å². The molecule has 0 radical (unpaired) electrons. The number of amides is 2. The van der Waals surface area contributed by atoms with Gasteiger partial charge in [0.2, 0.25) is 0 Å². The Morgan fingerprint density at radius 3 is 1.93 bits per heavy atom. The van der Waals surface area contributed by atoms with Gasteiger partial charge in [0.1, 0.15) is 17.5 Å². The average Bonchev–Trinajstić information content (AvgIpc) is 2.47. The van der Waals surface area contributed by atoms with Gasteiger partial charge in [-0.1, -0.05) is 26.8 Å². The molecule has 1 unspecified atom stereocenters. The van der Waals surface area contributed by atoms with E-state index in [1.165, 1.54) is 6.26 Å². The van der Waals surface area contributed by atoms with Crippen LogP contribution in [0.4, 0.5) is 15.3 Å². The van der Waals surface area contributed by atoms with Crippen LogP contribution < -0.4 is 5.32 Å². The SMILES string of the molecule is C[S+]([O-])N(Cc1cc(NC(=O)OC(C)(C)C)cc(C(C)(C)C)c1)C(=O)OC(C)(C)C. The molecule has 170 valence electrons. The smallest absolute Gasteiger partial charge is 0.452 e. The number of nitrogens with zero attached hydrogens (tertiary/aromatic N) is 1. The summed E-state index contributed by atoms with van der Waals surface area (Å²) in [4.78, 5) is 24.8. The second-order valence-electron chi connectivity index (χ2n) is 10.2. The molecule has 1 N–H and O–H groups in total. The second-order valence-corrected chi connectivity index (χ2v) is 11.5. The van der Waals surface area contributed by atoms with Crippen molar-refractivity contribution in [3.05, 3.63) is 29.3 Å². The first-order chi connectivity index (χ1) is 13.4. The molecule has 0 aliphatic heterocycles. The first-order valence-corrected chi connectivity index (χ1v) is 11.4. The highest BCUT2D eigenvalue weighted by Crippen LogP contribution is 2.28. The number of carbonyl (C=O) groups excluding carboxylic acids is 2. The van der Waals surface area contributed by atoms with Crippen LogP contribution >= 0.6 is 0 Å². The number of ether oxygens (including phenoxy) is 2. The van der Waals surface area contributed by atoms with Crippen LogP contribution in [0.1, 0.15) is 73.4 Å². The average molecular weight is 441 g/mol. The van der Waals surface area contributed by atoms with Crippen LogP contribution in [0.5, 0.6) is 0 Å². The van der Waals surface area contributed by atoms with Gasteiger partial charge < -0.3 is 14.0 Å². The summed E-state index contributed by atoms with van der Waals surface area (Å²) < 4.78 is 24.1. The molecule has 8 heteroatoms. The highest BCUT2D eigenvalue weighted by molar-refractivity contribution is 7.88. The van der Waals surface area contributed by atoms with Crippen LogP contribution in [-0.4, -0.2) is 38.5 Å². The number of hydrogen-bond donors (Lipinski definition) is 1. The summed E-state index contributed by atoms with van der Waals surface area (Å²) in [6, 6.07) is 5.54. The molecule has 1 atom stereocenters. The minimum atomic E-state index is -1.58. The number of rotatable bonds is 4. The van der Waals surface area contributed by atoms with Crippen molar-refractivity contribution in [1.82, 2.24) is 4.31 Å². The topological polar surface area (TPSA) is 90.9 Å². The molecule has 0 saturated heterocycles. The maximum absolute atomic E-state index is 12.5. The maximum Gasteiger partial charge on any atom is 0.452 e. The quantitative estimate of drug-likeness (QED) is 0.636. The third-order valence-electron chi connectivity index (χ3n) is 3.74. The van der Waals surface area contributed by atoms with Crippen molar-refractivity contribution < 1.29 is 23.6 Å². The normalized spacial score (nSPS) is 13.4. The summed E-state index contributed by atoms with van der Waals surface area (Å²) in [7, 11) is 0. The fraction of sp³-hybridized carbons (Fsp3) is 0.636. The molecule has 0 aromatic heterocycles. The zero-order valence-corrected chi connectivity index (χ0v) is 20.7. The van der Waals surface area contributed by atoms with Crippen LogP contribution in [0.25, 0.3) is 0 Å². The van der Waals surface area contributed by atoms with E-state index in [9.17, 15) is 14.1 Å². The van der Waals surface area contributed by atoms with E-state index >= 15 is 0 Å². The monoisotopic (exact) mass is 440 g/mol. The molecule has 1 aromatic rings. The van der Waals surface area contributed by atoms with E-state index in [4.69, 9.17) is 9.47 Å². The molecular weight excluding hydrogens is 404 g/mol. The van der Waals surface area contributed by atoms with E-state index in [1.54, 1.807) is 47.6 Å². The Morgan fingerprint density at radius 2 is 1.50 bits per heavy atom. The van der Waals surface area contributed by atoms with Crippen molar-refractivity contribution in [3.63, 3.8) is 0 Å². The van der Waals surface area contributed by atoms with Gasteiger partial charge in [-0.15, -0.1) is 4.31 Å². The molecule has 0 heterocycles. The summed E-state index contributed by atoms with van der Waals surface area (Å²) in [5.41, 5.74) is 0.680. The minimum Gasteiger partial charge on any atom is -0.593 e. The van der Waals surface area contributed by atoms with E-state index in [0.29, 0.717) is 5.69 Å². The van der Waals surface area contributed by atoms with Gasteiger partial charge in [-0.25, -0.2) is 9.59 Å². The maximum atomic E-state index is 12.5. The van der Waals surface area contributed by atoms with Crippen LogP contribution in [0.15, 0.2) is 18.2 Å². The number of carbonyl (C=O) groups is 2. The van der Waals surface area contributed by atoms with Crippen molar-refractivity contribution in [2.24, 2.45) is 0 Å². The van der Waals surface area contributed by atoms with Crippen molar-refractivity contribution in [1.29, 1.82) is 0 Å². The number of nitrogens with one attached hydrogen (secondary N) is 1. The standard InChI is InChI=1S/C22H36N2O5S/c1-20(2,3)16-11-15(12-17(13-16)23-18(25)28-21(4,5)6)14-24(30(10)27)19(26)29-22(7,8)9/h11-13H,14H2,1-10H3,(H,23,25). The third kappa shape index (κ3) is 9.26. The van der Waals surface area contributed by atoms with E-state index in [0.717, 1.165) is 15.4 Å². The van der Waals surface area contributed by atoms with Crippen LogP contribution in [0.3, 0.4) is 0 Å². The molecule has 0 aliphatic rings. The van der Waals surface area contributed by atoms with E-state index < -0.39 is 34.8 Å². The number of anilines is 1. The lowest BCUT2D eigenvalue weighted by Gasteiger charge is -2.27. The Hall–Kier alpha value is -1.93. The van der Waals surface area contributed by atoms with Gasteiger partial charge in [0, 0.05) is 5.69 Å². The van der Waals surface area contributed by atoms with Crippen LogP contribution in [-0.2, 0) is 32.8 Å². The second kappa shape index (κ2) is 9.47. The molecule has 0 fully saturated rings. The van der Waals surface area contributed by atoms with Crippen molar-refractivity contribution in [3.8, 4) is 0 Å². The van der Waals surface area contributed by atoms with Crippen molar-refractivity contribution in [2.75, 3.05) is 11.6 Å². The lowest BCUT2D eigenvalue weighted by molar-refractivity contribution is 0.0381. The predicted octanol–water partition coefficient (Wildman–Crippen LogP) is 5.36. The molecule has 0 bridgehead atoms. The molecule has 1 rings (SSSR count). The Kier molecular flexibility index (Phi) is 8.24. The molecule has 2 amide bonds. The molecule has 0 saturated carbocycles. The van der Waals surface area contributed by atoms with Crippen LogP contribution in [0, 0.1) is 0 Å². The Bertz CT molecular complexity index is 758. The number of hydrogen-bond acceptors (Lipinski definition) is 5. The molecule has 1 aromatic carbocycles. The fourth-order valence-electron chi connectivity index (χ4n) is 2.45. The largest absolute Gasteiger partial charge is 0.593 e. The zero-order chi connectivity index (χ0) is 23.5. The highest BCUT2D eigenvalue weighted by atomic mass is 32.2. The summed E-state index contributed by atoms with van der Waals surface area (Å²) in [5, 5.41) is 2.75. The number of benzene rings is 1. The third-order valence-corrected chi connectivity index (χ3v) is 4.64. The van der Waals surface area contributed by atoms with Gasteiger partial charge in [0.05, 0.1) is 17.9 Å². The summed E-state index contributed by atoms with van der Waals surface area (Å²) in [6.45, 7) is 16.9. The molecule has 0 spiro atoms. The minimum absolute atomic E-state index is 0.0743. The Balaban J connectivity index is 3.23. The van der Waals surface area contributed by atoms with Crippen molar-refractivity contribution >= 4 is 29.2 Å². The predicted molar refractivity (Wildman–Crippen MR) is 121 cm³/mol. The molecule has 0 aliphatic carbocycles. The van der Waals surface area contributed by atoms with E-state index in [2.05, 4.69) is 5.32 Å². The lowest BCUT2D eigenvalue weighted by Crippen LogP contribution is -2.39. The highest BCUT2D eigenvalue weighted by Gasteiger charge is 2.29. The van der Waals surface area contributed by atoms with E-state index in [-0.39, 0.29) is 12.0 Å². The van der Waals surface area contributed by atoms with Gasteiger partial charge in [-0.05, 0) is 70.2 Å². The van der Waals surface area contributed by atoms with Crippen LogP contribution in [0.2, 0.25) is 0 Å². The zero-order valence-electron chi connectivity index (χ0n) is 19.8. The van der Waals surface area contributed by atoms with Gasteiger partial charge in [0.25, 0.3) is 0 Å². The summed E-state index contributed by atoms with van der Waals surface area (Å²) in [5.74, 6) is 0. The Morgan fingerprint density at radius 1 is 0.967 bits per heavy atom. The molecular formula is C22H36N2O5S. The molecule has 7 nitrogen and oxygen atoms in total. The first-order valence-electron chi connectivity index (χ1n) is 9.86. The first kappa shape index (κ1) is 26.1.